The quantitative estimate of drug-likeness (QED) is 0.778. The van der Waals surface area contributed by atoms with Crippen LogP contribution < -0.4 is 15.5 Å². The summed E-state index contributed by atoms with van der Waals surface area (Å²) in [6, 6.07) is 7.80. The molecule has 29 heavy (non-hydrogen) atoms. The molecule has 0 saturated heterocycles. The molecule has 0 bridgehead atoms. The molecular weight excluding hydrogens is 380 g/mol. The highest BCUT2D eigenvalue weighted by Gasteiger charge is 2.35. The molecule has 4 rings (SSSR count). The minimum atomic E-state index is -1.08. The first-order valence-corrected chi connectivity index (χ1v) is 9.44. The third-order valence-electron chi connectivity index (χ3n) is 5.04. The van der Waals surface area contributed by atoms with Gasteiger partial charge in [0, 0.05) is 29.9 Å². The van der Waals surface area contributed by atoms with Crippen molar-refractivity contribution >= 4 is 34.8 Å². The van der Waals surface area contributed by atoms with Gasteiger partial charge in [-0.3, -0.25) is 14.4 Å². The summed E-state index contributed by atoms with van der Waals surface area (Å²) in [4.78, 5) is 38.5. The molecule has 1 fully saturated rings. The van der Waals surface area contributed by atoms with Crippen LogP contribution in [0.15, 0.2) is 36.4 Å². The van der Waals surface area contributed by atoms with Crippen molar-refractivity contribution in [2.75, 3.05) is 22.1 Å². The van der Waals surface area contributed by atoms with Crippen molar-refractivity contribution in [3.63, 3.8) is 0 Å². The Morgan fingerprint density at radius 2 is 1.72 bits per heavy atom. The fourth-order valence-corrected chi connectivity index (χ4v) is 3.39. The second-order valence-electron chi connectivity index (χ2n) is 7.24. The average Bonchev–Trinajstić information content (AvgIpc) is 3.54. The number of nitrogens with one attached hydrogen (secondary N) is 2. The molecule has 150 valence electrons. The minimum absolute atomic E-state index is 0.0792. The molecule has 2 aromatic rings. The smallest absolute Gasteiger partial charge is 0.314 e. The van der Waals surface area contributed by atoms with Crippen molar-refractivity contribution in [1.29, 1.82) is 0 Å². The molecule has 0 radical (unpaired) electrons. The first-order valence-electron chi connectivity index (χ1n) is 9.44. The Balaban J connectivity index is 1.47. The number of aryl methyl sites for hydroxylation is 1. The van der Waals surface area contributed by atoms with E-state index in [0.717, 1.165) is 49.1 Å². The zero-order valence-corrected chi connectivity index (χ0v) is 15.5. The van der Waals surface area contributed by atoms with E-state index in [4.69, 9.17) is 0 Å². The summed E-state index contributed by atoms with van der Waals surface area (Å²) >= 11 is 0. The standard InChI is InChI=1S/C21H19F2N3O3/c22-14-6-8-17(16(23)10-14)25-20(28)19(27)24-15-7-5-12-2-1-9-26(18(12)11-15)21(29)13-3-4-13/h5-8,10-11,13H,1-4,9H2,(H,24,27)(H,25,28). The van der Waals surface area contributed by atoms with Crippen LogP contribution in [0, 0.1) is 17.6 Å². The van der Waals surface area contributed by atoms with Gasteiger partial charge < -0.3 is 15.5 Å². The van der Waals surface area contributed by atoms with E-state index in [9.17, 15) is 23.2 Å². The number of nitrogens with zero attached hydrogens (tertiary/aromatic N) is 1. The van der Waals surface area contributed by atoms with Gasteiger partial charge in [0.25, 0.3) is 0 Å². The van der Waals surface area contributed by atoms with Gasteiger partial charge in [0.05, 0.1) is 5.69 Å². The summed E-state index contributed by atoms with van der Waals surface area (Å²) in [5.74, 6) is -3.67. The lowest BCUT2D eigenvalue weighted by Gasteiger charge is -2.30. The van der Waals surface area contributed by atoms with E-state index in [1.165, 1.54) is 0 Å². The Labute approximate surface area is 165 Å². The van der Waals surface area contributed by atoms with Crippen molar-refractivity contribution in [3.8, 4) is 0 Å². The van der Waals surface area contributed by atoms with Gasteiger partial charge in [-0.2, -0.15) is 0 Å². The van der Waals surface area contributed by atoms with Crippen LogP contribution in [0.1, 0.15) is 24.8 Å². The number of benzene rings is 2. The average molecular weight is 399 g/mol. The third kappa shape index (κ3) is 4.11. The van der Waals surface area contributed by atoms with E-state index < -0.39 is 23.4 Å². The molecule has 6 nitrogen and oxygen atoms in total. The van der Waals surface area contributed by atoms with Crippen LogP contribution in [-0.4, -0.2) is 24.3 Å². The first-order chi connectivity index (χ1) is 13.9. The zero-order chi connectivity index (χ0) is 20.5. The van der Waals surface area contributed by atoms with Gasteiger partial charge in [0.1, 0.15) is 11.6 Å². The van der Waals surface area contributed by atoms with Gasteiger partial charge >= 0.3 is 11.8 Å². The fraction of sp³-hybridized carbons (Fsp3) is 0.286. The summed E-state index contributed by atoms with van der Waals surface area (Å²) in [5, 5.41) is 4.57. The zero-order valence-electron chi connectivity index (χ0n) is 15.5. The summed E-state index contributed by atoms with van der Waals surface area (Å²) in [7, 11) is 0. The molecule has 2 aliphatic rings. The number of anilines is 3. The highest BCUT2D eigenvalue weighted by atomic mass is 19.1. The maximum absolute atomic E-state index is 13.7. The van der Waals surface area contributed by atoms with Crippen molar-refractivity contribution in [2.45, 2.75) is 25.7 Å². The molecule has 1 aliphatic heterocycles. The number of carbonyl (C=O) groups excluding carboxylic acids is 3. The molecule has 0 atom stereocenters. The first kappa shape index (κ1) is 19.0. The van der Waals surface area contributed by atoms with E-state index in [1.54, 1.807) is 17.0 Å². The Morgan fingerprint density at radius 3 is 2.45 bits per heavy atom. The molecular formula is C21H19F2N3O3. The Bertz CT molecular complexity index is 1000. The maximum Gasteiger partial charge on any atom is 0.314 e. The van der Waals surface area contributed by atoms with Gasteiger partial charge in [0.2, 0.25) is 5.91 Å². The van der Waals surface area contributed by atoms with Crippen molar-refractivity contribution in [3.05, 3.63) is 53.6 Å². The molecule has 0 spiro atoms. The minimum Gasteiger partial charge on any atom is -0.318 e. The lowest BCUT2D eigenvalue weighted by molar-refractivity contribution is -0.133. The van der Waals surface area contributed by atoms with Gasteiger partial charge in [-0.05, 0) is 55.5 Å². The number of fused-ring (bicyclic) bond motifs is 1. The van der Waals surface area contributed by atoms with Crippen LogP contribution in [0.2, 0.25) is 0 Å². The predicted octanol–water partition coefficient (Wildman–Crippen LogP) is 3.23. The molecule has 1 aliphatic carbocycles. The molecule has 2 aromatic carbocycles. The lowest BCUT2D eigenvalue weighted by Crippen LogP contribution is -2.36. The number of halogens is 2. The highest BCUT2D eigenvalue weighted by Crippen LogP contribution is 2.36. The normalized spacial score (nSPS) is 15.4. The SMILES string of the molecule is O=C(Nc1ccc2c(c1)N(C(=O)C1CC1)CCC2)C(=O)Nc1ccc(F)cc1F. The second kappa shape index (κ2) is 7.62. The molecule has 2 N–H and O–H groups in total. The van der Waals surface area contributed by atoms with Crippen LogP contribution in [0.5, 0.6) is 0 Å². The molecule has 1 heterocycles. The lowest BCUT2D eigenvalue weighted by atomic mass is 10.0. The monoisotopic (exact) mass is 399 g/mol. The molecule has 3 amide bonds. The van der Waals surface area contributed by atoms with Crippen LogP contribution in [0.25, 0.3) is 0 Å². The van der Waals surface area contributed by atoms with E-state index in [1.807, 2.05) is 6.07 Å². The second-order valence-corrected chi connectivity index (χ2v) is 7.24. The van der Waals surface area contributed by atoms with Crippen molar-refractivity contribution in [1.82, 2.24) is 0 Å². The van der Waals surface area contributed by atoms with E-state index in [2.05, 4.69) is 10.6 Å². The summed E-state index contributed by atoms with van der Waals surface area (Å²) in [6.45, 7) is 0.629. The Hall–Kier alpha value is -3.29. The Kier molecular flexibility index (Phi) is 5.00. The van der Waals surface area contributed by atoms with Crippen LogP contribution in [-0.2, 0) is 20.8 Å². The van der Waals surface area contributed by atoms with Gasteiger partial charge in [0.15, 0.2) is 0 Å². The summed E-state index contributed by atoms with van der Waals surface area (Å²) in [5.41, 5.74) is 1.83. The Morgan fingerprint density at radius 1 is 0.966 bits per heavy atom. The van der Waals surface area contributed by atoms with Gasteiger partial charge in [-0.15, -0.1) is 0 Å². The topological polar surface area (TPSA) is 78.5 Å². The molecule has 8 heteroatoms. The van der Waals surface area contributed by atoms with Gasteiger partial charge in [-0.25, -0.2) is 8.78 Å². The number of amides is 3. The fourth-order valence-electron chi connectivity index (χ4n) is 3.39. The number of hydrogen-bond acceptors (Lipinski definition) is 3. The molecule has 1 saturated carbocycles. The summed E-state index contributed by atoms with van der Waals surface area (Å²) in [6.07, 6.45) is 3.52. The van der Waals surface area contributed by atoms with E-state index >= 15 is 0 Å². The number of hydrogen-bond donors (Lipinski definition) is 2. The van der Waals surface area contributed by atoms with Crippen LogP contribution in [0.3, 0.4) is 0 Å². The molecule has 0 unspecified atom stereocenters. The van der Waals surface area contributed by atoms with Crippen molar-refractivity contribution in [2.24, 2.45) is 5.92 Å². The highest BCUT2D eigenvalue weighted by molar-refractivity contribution is 6.43. The molecule has 0 aromatic heterocycles. The summed E-state index contributed by atoms with van der Waals surface area (Å²) < 4.78 is 26.6. The maximum atomic E-state index is 13.7. The third-order valence-corrected chi connectivity index (χ3v) is 5.04. The van der Waals surface area contributed by atoms with E-state index in [-0.39, 0.29) is 17.5 Å². The van der Waals surface area contributed by atoms with Crippen LogP contribution in [0.4, 0.5) is 25.8 Å². The number of carbonyl (C=O) groups is 3. The van der Waals surface area contributed by atoms with Crippen LogP contribution >= 0.6 is 0 Å². The van der Waals surface area contributed by atoms with E-state index in [0.29, 0.717) is 18.3 Å². The van der Waals surface area contributed by atoms with Gasteiger partial charge in [-0.1, -0.05) is 6.07 Å². The van der Waals surface area contributed by atoms with Crippen molar-refractivity contribution < 1.29 is 23.2 Å². The largest absolute Gasteiger partial charge is 0.318 e. The number of rotatable bonds is 3. The predicted molar refractivity (Wildman–Crippen MR) is 103 cm³/mol.